The maximum atomic E-state index is 13.1. The van der Waals surface area contributed by atoms with Gasteiger partial charge in [0.05, 0.1) is 26.4 Å². The zero-order valence-electron chi connectivity index (χ0n) is 60.0. The first-order valence-corrected chi connectivity index (χ1v) is 40.9. The van der Waals surface area contributed by atoms with Crippen LogP contribution in [0.2, 0.25) is 0 Å². The van der Waals surface area contributed by atoms with E-state index in [4.69, 9.17) is 37.0 Å². The molecule has 0 rings (SSSR count). The predicted octanol–water partition coefficient (Wildman–Crippen LogP) is 21.0. The molecular weight excluding hydrogens is 1210 g/mol. The van der Waals surface area contributed by atoms with Gasteiger partial charge in [-0.25, -0.2) is 9.13 Å². The minimum Gasteiger partial charge on any atom is -0.462 e. The molecular formula is C73H142O17P2. The largest absolute Gasteiger partial charge is 0.472 e. The van der Waals surface area contributed by atoms with Gasteiger partial charge in [0.25, 0.3) is 0 Å². The average Bonchev–Trinajstić information content (AvgIpc) is 2.85. The Bertz CT molecular complexity index is 1810. The minimum absolute atomic E-state index is 0.105. The minimum atomic E-state index is -4.95. The van der Waals surface area contributed by atoms with Gasteiger partial charge in [0.1, 0.15) is 19.3 Å². The Kier molecular flexibility index (Phi) is 62.4. The SMILES string of the molecule is CCCCCCCCCCCCCCCCCC(=O)O[C@H](COC(=O)CCCCCCCCCCCCC(C)CC)COP(=O)(O)OC[C@@H](O)COP(=O)(O)OC[C@@H](COC(=O)CCCCCCCCC(C)C)OC(=O)CCCCCCCCCCCCC(C)CC. The van der Waals surface area contributed by atoms with Crippen molar-refractivity contribution in [3.63, 3.8) is 0 Å². The molecule has 0 amide bonds. The first kappa shape index (κ1) is 90.1. The summed E-state index contributed by atoms with van der Waals surface area (Å²) in [5.41, 5.74) is 0. The average molecular weight is 1350 g/mol. The summed E-state index contributed by atoms with van der Waals surface area (Å²) in [6, 6.07) is 0. The van der Waals surface area contributed by atoms with Crippen LogP contribution >= 0.6 is 15.6 Å². The molecule has 3 N–H and O–H groups in total. The van der Waals surface area contributed by atoms with Gasteiger partial charge in [-0.15, -0.1) is 0 Å². The van der Waals surface area contributed by atoms with Crippen molar-refractivity contribution in [2.24, 2.45) is 17.8 Å². The highest BCUT2D eigenvalue weighted by Crippen LogP contribution is 2.45. The Balaban J connectivity index is 5.26. The van der Waals surface area contributed by atoms with Gasteiger partial charge in [0.15, 0.2) is 12.2 Å². The van der Waals surface area contributed by atoms with Crippen LogP contribution in [-0.2, 0) is 65.4 Å². The molecule has 92 heavy (non-hydrogen) atoms. The quantitative estimate of drug-likeness (QED) is 0.0222. The Morgan fingerprint density at radius 1 is 0.315 bits per heavy atom. The maximum Gasteiger partial charge on any atom is 0.472 e. The van der Waals surface area contributed by atoms with Gasteiger partial charge in [0.2, 0.25) is 0 Å². The fraction of sp³-hybridized carbons (Fsp3) is 0.945. The van der Waals surface area contributed by atoms with Crippen molar-refractivity contribution in [1.29, 1.82) is 0 Å². The number of hydrogen-bond donors (Lipinski definition) is 3. The molecule has 0 spiro atoms. The molecule has 0 radical (unpaired) electrons. The van der Waals surface area contributed by atoms with Gasteiger partial charge in [-0.3, -0.25) is 37.3 Å². The van der Waals surface area contributed by atoms with Crippen molar-refractivity contribution in [3.05, 3.63) is 0 Å². The van der Waals surface area contributed by atoms with Crippen LogP contribution in [0, 0.1) is 17.8 Å². The van der Waals surface area contributed by atoms with E-state index < -0.39 is 97.5 Å². The van der Waals surface area contributed by atoms with Crippen molar-refractivity contribution in [3.8, 4) is 0 Å². The molecule has 0 aliphatic carbocycles. The number of phosphoric ester groups is 2. The lowest BCUT2D eigenvalue weighted by molar-refractivity contribution is -0.161. The monoisotopic (exact) mass is 1350 g/mol. The van der Waals surface area contributed by atoms with Gasteiger partial charge in [0, 0.05) is 25.7 Å². The third kappa shape index (κ3) is 64.1. The number of aliphatic hydroxyl groups excluding tert-OH is 1. The summed E-state index contributed by atoms with van der Waals surface area (Å²) >= 11 is 0. The van der Waals surface area contributed by atoms with Crippen LogP contribution in [0.25, 0.3) is 0 Å². The molecule has 0 aromatic rings. The van der Waals surface area contributed by atoms with E-state index in [1.807, 2.05) is 0 Å². The van der Waals surface area contributed by atoms with Crippen LogP contribution in [0.1, 0.15) is 370 Å². The molecule has 0 fully saturated rings. The molecule has 0 aromatic carbocycles. The molecule has 0 bridgehead atoms. The summed E-state index contributed by atoms with van der Waals surface area (Å²) in [5.74, 6) is 0.169. The molecule has 0 saturated carbocycles. The number of aliphatic hydroxyl groups is 1. The molecule has 546 valence electrons. The van der Waals surface area contributed by atoms with Gasteiger partial charge >= 0.3 is 39.5 Å². The van der Waals surface area contributed by atoms with E-state index in [2.05, 4.69) is 48.5 Å². The summed E-state index contributed by atoms with van der Waals surface area (Å²) in [6.07, 6.45) is 48.5. The highest BCUT2D eigenvalue weighted by molar-refractivity contribution is 7.47. The molecule has 7 atom stereocenters. The fourth-order valence-corrected chi connectivity index (χ4v) is 12.6. The lowest BCUT2D eigenvalue weighted by Crippen LogP contribution is -2.30. The molecule has 0 aromatic heterocycles. The van der Waals surface area contributed by atoms with E-state index >= 15 is 0 Å². The van der Waals surface area contributed by atoms with E-state index in [1.165, 1.54) is 173 Å². The summed E-state index contributed by atoms with van der Waals surface area (Å²) < 4.78 is 68.4. The topological polar surface area (TPSA) is 237 Å². The van der Waals surface area contributed by atoms with Crippen molar-refractivity contribution < 1.29 is 80.2 Å². The number of hydrogen-bond acceptors (Lipinski definition) is 15. The molecule has 19 heteroatoms. The van der Waals surface area contributed by atoms with Gasteiger partial charge < -0.3 is 33.8 Å². The summed E-state index contributed by atoms with van der Waals surface area (Å²) in [5, 5.41) is 10.6. The fourth-order valence-electron chi connectivity index (χ4n) is 11.0. The maximum absolute atomic E-state index is 13.1. The number of phosphoric acid groups is 2. The number of ether oxygens (including phenoxy) is 4. The second kappa shape index (κ2) is 63.8. The lowest BCUT2D eigenvalue weighted by Gasteiger charge is -2.21. The number of rotatable bonds is 71. The Hall–Kier alpha value is -1.94. The van der Waals surface area contributed by atoms with Crippen molar-refractivity contribution >= 4 is 39.5 Å². The van der Waals surface area contributed by atoms with Crippen LogP contribution in [0.15, 0.2) is 0 Å². The van der Waals surface area contributed by atoms with Crippen LogP contribution in [-0.4, -0.2) is 96.7 Å². The van der Waals surface area contributed by atoms with Crippen LogP contribution < -0.4 is 0 Å². The van der Waals surface area contributed by atoms with Gasteiger partial charge in [-0.05, 0) is 43.4 Å². The highest BCUT2D eigenvalue weighted by Gasteiger charge is 2.30. The molecule has 0 aliphatic heterocycles. The van der Waals surface area contributed by atoms with Crippen LogP contribution in [0.5, 0.6) is 0 Å². The second-order valence-electron chi connectivity index (χ2n) is 27.3. The van der Waals surface area contributed by atoms with Gasteiger partial charge in [-0.1, -0.05) is 318 Å². The molecule has 17 nitrogen and oxygen atoms in total. The third-order valence-electron chi connectivity index (χ3n) is 17.6. The molecule has 0 aliphatic rings. The van der Waals surface area contributed by atoms with E-state index in [0.29, 0.717) is 31.6 Å². The summed E-state index contributed by atoms with van der Waals surface area (Å²) in [4.78, 5) is 72.7. The van der Waals surface area contributed by atoms with Crippen LogP contribution in [0.3, 0.4) is 0 Å². The predicted molar refractivity (Wildman–Crippen MR) is 372 cm³/mol. The number of esters is 4. The Morgan fingerprint density at radius 2 is 0.554 bits per heavy atom. The normalized spacial score (nSPS) is 14.7. The van der Waals surface area contributed by atoms with Crippen LogP contribution in [0.4, 0.5) is 0 Å². The first-order chi connectivity index (χ1) is 44.3. The van der Waals surface area contributed by atoms with E-state index in [9.17, 15) is 43.2 Å². The summed E-state index contributed by atoms with van der Waals surface area (Å²) in [7, 11) is -9.91. The Labute approximate surface area is 562 Å². The van der Waals surface area contributed by atoms with Crippen molar-refractivity contribution in [1.82, 2.24) is 0 Å². The third-order valence-corrected chi connectivity index (χ3v) is 19.5. The lowest BCUT2D eigenvalue weighted by atomic mass is 9.99. The highest BCUT2D eigenvalue weighted by atomic mass is 31.2. The zero-order chi connectivity index (χ0) is 68.0. The Morgan fingerprint density at radius 3 is 0.826 bits per heavy atom. The smallest absolute Gasteiger partial charge is 0.462 e. The second-order valence-corrected chi connectivity index (χ2v) is 30.2. The van der Waals surface area contributed by atoms with E-state index in [0.717, 1.165) is 108 Å². The van der Waals surface area contributed by atoms with Crippen molar-refractivity contribution in [2.45, 2.75) is 388 Å². The molecule has 0 heterocycles. The standard InChI is InChI=1S/C73H142O17P2/c1-8-11-12-13-14-15-16-17-18-19-20-28-33-42-49-56-72(77)89-68(60-83-70(75)54-47-40-32-27-23-21-25-30-38-45-52-65(6)9-2)62-87-91(79,80)85-58-67(74)59-86-92(81,82)88-63-69(61-84-71(76)55-48-41-36-35-37-44-51-64(4)5)90-73(78)57-50-43-34-29-24-22-26-31-39-46-53-66(7)10-3/h64-69,74H,8-63H2,1-7H3,(H,79,80)(H,81,82)/t65?,66?,67-,68-,69-/m1/s1. The summed E-state index contributed by atoms with van der Waals surface area (Å²) in [6.45, 7) is 11.8. The number of carbonyl (C=O) groups excluding carboxylic acids is 4. The van der Waals surface area contributed by atoms with Crippen molar-refractivity contribution in [2.75, 3.05) is 39.6 Å². The molecule has 4 unspecified atom stereocenters. The zero-order valence-corrected chi connectivity index (χ0v) is 61.8. The number of carbonyl (C=O) groups is 4. The van der Waals surface area contributed by atoms with Gasteiger partial charge in [-0.2, -0.15) is 0 Å². The molecule has 0 saturated heterocycles. The van der Waals surface area contributed by atoms with E-state index in [-0.39, 0.29) is 25.7 Å². The first-order valence-electron chi connectivity index (χ1n) is 37.9. The van der Waals surface area contributed by atoms with E-state index in [1.54, 1.807) is 0 Å². The number of unbranched alkanes of at least 4 members (excludes halogenated alkanes) is 37.